The minimum Gasteiger partial charge on any atom is -0.348 e. The van der Waals surface area contributed by atoms with Crippen molar-refractivity contribution in [3.05, 3.63) is 100 Å². The van der Waals surface area contributed by atoms with E-state index in [1.54, 1.807) is 30.3 Å². The lowest BCUT2D eigenvalue weighted by atomic mass is 10.0. The summed E-state index contributed by atoms with van der Waals surface area (Å²) in [5, 5.41) is 2.26. The largest absolute Gasteiger partial charge is 0.433 e. The minimum absolute atomic E-state index is 0.0774. The Hall–Kier alpha value is -3.94. The molecule has 0 saturated carbocycles. The number of aryl methyl sites for hydroxylation is 2. The predicted octanol–water partition coefficient (Wildman–Crippen LogP) is 5.74. The number of carbonyl (C=O) groups excluding carboxylic acids is 1. The van der Waals surface area contributed by atoms with Crippen LogP contribution in [-0.2, 0) is 46.6 Å². The van der Waals surface area contributed by atoms with E-state index in [4.69, 9.17) is 0 Å². The molecule has 0 bridgehead atoms. The summed E-state index contributed by atoms with van der Waals surface area (Å²) in [5.74, 6) is -2.33. The van der Waals surface area contributed by atoms with Gasteiger partial charge in [0.15, 0.2) is 0 Å². The van der Waals surface area contributed by atoms with Gasteiger partial charge in [-0.3, -0.25) is 9.52 Å². The standard InChI is InChI=1S/C26H22F7N3O3S/c1-40(38,39)36-24-19(25(28,29)30)13-17(14-20(24)27)15-34-23(37)12-9-18-8-11-22(26(31,32)33)35-21(18)10-7-16-5-3-2-4-6-16/h2-6,8-9,11-14,36H,7,10,15H2,1H3,(H,34,37). The first kappa shape index (κ1) is 30.6. The van der Waals surface area contributed by atoms with E-state index in [-0.39, 0.29) is 23.2 Å². The van der Waals surface area contributed by atoms with Crippen LogP contribution in [0.25, 0.3) is 6.08 Å². The molecule has 2 N–H and O–H groups in total. The summed E-state index contributed by atoms with van der Waals surface area (Å²) in [5.41, 5.74) is -3.12. The van der Waals surface area contributed by atoms with Crippen LogP contribution < -0.4 is 10.0 Å². The number of anilines is 1. The van der Waals surface area contributed by atoms with Gasteiger partial charge in [0.25, 0.3) is 0 Å². The van der Waals surface area contributed by atoms with Crippen molar-refractivity contribution in [2.45, 2.75) is 31.7 Å². The molecule has 3 aromatic rings. The molecular weight excluding hydrogens is 567 g/mol. The van der Waals surface area contributed by atoms with Gasteiger partial charge in [-0.25, -0.2) is 17.8 Å². The van der Waals surface area contributed by atoms with Crippen LogP contribution in [0, 0.1) is 5.82 Å². The van der Waals surface area contributed by atoms with Crippen molar-refractivity contribution in [3.8, 4) is 0 Å². The van der Waals surface area contributed by atoms with Gasteiger partial charge in [-0.15, -0.1) is 0 Å². The van der Waals surface area contributed by atoms with Crippen LogP contribution in [0.3, 0.4) is 0 Å². The summed E-state index contributed by atoms with van der Waals surface area (Å²) in [7, 11) is -4.23. The summed E-state index contributed by atoms with van der Waals surface area (Å²) < 4.78 is 118. The second-order valence-corrected chi connectivity index (χ2v) is 10.4. The zero-order valence-corrected chi connectivity index (χ0v) is 21.5. The molecule has 0 fully saturated rings. The Morgan fingerprint density at radius 1 is 0.925 bits per heavy atom. The average molecular weight is 590 g/mol. The fourth-order valence-electron chi connectivity index (χ4n) is 3.62. The quantitative estimate of drug-likeness (QED) is 0.246. The van der Waals surface area contributed by atoms with Crippen molar-refractivity contribution in [1.82, 2.24) is 10.3 Å². The third-order valence-corrected chi connectivity index (χ3v) is 5.99. The zero-order chi connectivity index (χ0) is 29.7. The molecule has 14 heteroatoms. The molecule has 0 aliphatic carbocycles. The van der Waals surface area contributed by atoms with Crippen LogP contribution in [0.15, 0.2) is 60.7 Å². The van der Waals surface area contributed by atoms with Gasteiger partial charge in [0, 0.05) is 18.3 Å². The van der Waals surface area contributed by atoms with Gasteiger partial charge in [0.2, 0.25) is 15.9 Å². The maximum atomic E-state index is 14.4. The molecule has 0 radical (unpaired) electrons. The molecule has 1 heterocycles. The average Bonchev–Trinajstić information content (AvgIpc) is 2.85. The second kappa shape index (κ2) is 12.1. The van der Waals surface area contributed by atoms with Gasteiger partial charge in [-0.05, 0) is 53.8 Å². The highest BCUT2D eigenvalue weighted by molar-refractivity contribution is 7.92. The Morgan fingerprint density at radius 3 is 2.20 bits per heavy atom. The van der Waals surface area contributed by atoms with Crippen LogP contribution in [0.1, 0.15) is 33.6 Å². The van der Waals surface area contributed by atoms with Gasteiger partial charge in [0.1, 0.15) is 11.5 Å². The molecule has 1 aromatic heterocycles. The summed E-state index contributed by atoms with van der Waals surface area (Å²) in [6.07, 6.45) is -6.56. The third-order valence-electron chi connectivity index (χ3n) is 5.42. The molecule has 0 saturated heterocycles. The Morgan fingerprint density at radius 2 is 1.60 bits per heavy atom. The number of alkyl halides is 6. The monoisotopic (exact) mass is 589 g/mol. The molecular formula is C26H22F7N3O3S. The van der Waals surface area contributed by atoms with Gasteiger partial charge < -0.3 is 5.32 Å². The number of nitrogens with one attached hydrogen (secondary N) is 2. The van der Waals surface area contributed by atoms with Gasteiger partial charge in [-0.2, -0.15) is 26.3 Å². The van der Waals surface area contributed by atoms with Gasteiger partial charge in [0.05, 0.1) is 17.5 Å². The van der Waals surface area contributed by atoms with E-state index in [1.165, 1.54) is 10.8 Å². The molecule has 0 spiro atoms. The number of carbonyl (C=O) groups is 1. The van der Waals surface area contributed by atoms with Crippen molar-refractivity contribution < 1.29 is 43.9 Å². The molecule has 0 aliphatic heterocycles. The molecule has 214 valence electrons. The summed E-state index contributed by atoms with van der Waals surface area (Å²) in [6.45, 7) is -0.561. The summed E-state index contributed by atoms with van der Waals surface area (Å²) >= 11 is 0. The molecule has 1 amide bonds. The zero-order valence-electron chi connectivity index (χ0n) is 20.7. The number of pyridine rings is 1. The molecule has 6 nitrogen and oxygen atoms in total. The van der Waals surface area contributed by atoms with Crippen LogP contribution in [0.4, 0.5) is 36.4 Å². The van der Waals surface area contributed by atoms with E-state index in [0.717, 1.165) is 23.8 Å². The highest BCUT2D eigenvalue weighted by atomic mass is 32.2. The predicted molar refractivity (Wildman–Crippen MR) is 134 cm³/mol. The summed E-state index contributed by atoms with van der Waals surface area (Å²) in [6, 6.07) is 12.0. The fraction of sp³-hybridized carbons (Fsp3) is 0.231. The Balaban J connectivity index is 1.78. The lowest BCUT2D eigenvalue weighted by Crippen LogP contribution is -2.22. The molecule has 0 aliphatic rings. The van der Waals surface area contributed by atoms with E-state index in [9.17, 15) is 43.9 Å². The topological polar surface area (TPSA) is 88.2 Å². The van der Waals surface area contributed by atoms with E-state index in [2.05, 4.69) is 10.3 Å². The van der Waals surface area contributed by atoms with E-state index in [0.29, 0.717) is 24.8 Å². The number of benzene rings is 2. The van der Waals surface area contributed by atoms with Crippen molar-refractivity contribution in [2.24, 2.45) is 0 Å². The van der Waals surface area contributed by atoms with Crippen molar-refractivity contribution in [3.63, 3.8) is 0 Å². The van der Waals surface area contributed by atoms with E-state index in [1.807, 2.05) is 0 Å². The number of halogens is 7. The number of rotatable bonds is 9. The van der Waals surface area contributed by atoms with Crippen molar-refractivity contribution in [2.75, 3.05) is 11.0 Å². The highest BCUT2D eigenvalue weighted by Gasteiger charge is 2.36. The molecule has 40 heavy (non-hydrogen) atoms. The SMILES string of the molecule is CS(=O)(=O)Nc1c(F)cc(CNC(=O)C=Cc2ccc(C(F)(F)F)nc2CCc2ccccc2)cc1C(F)(F)F. The Kier molecular flexibility index (Phi) is 9.23. The lowest BCUT2D eigenvalue weighted by Gasteiger charge is -2.16. The van der Waals surface area contributed by atoms with Crippen LogP contribution >= 0.6 is 0 Å². The maximum Gasteiger partial charge on any atom is 0.433 e. The smallest absolute Gasteiger partial charge is 0.348 e. The first-order valence-corrected chi connectivity index (χ1v) is 13.4. The van der Waals surface area contributed by atoms with Crippen LogP contribution in [0.2, 0.25) is 0 Å². The number of nitrogens with zero attached hydrogens (tertiary/aromatic N) is 1. The first-order valence-electron chi connectivity index (χ1n) is 11.5. The van der Waals surface area contributed by atoms with Crippen molar-refractivity contribution in [1.29, 1.82) is 0 Å². The fourth-order valence-corrected chi connectivity index (χ4v) is 4.20. The van der Waals surface area contributed by atoms with E-state index >= 15 is 0 Å². The maximum absolute atomic E-state index is 14.4. The molecule has 0 atom stereocenters. The van der Waals surface area contributed by atoms with Gasteiger partial charge in [-0.1, -0.05) is 36.4 Å². The number of hydrogen-bond acceptors (Lipinski definition) is 4. The minimum atomic E-state index is -5.11. The molecule has 0 unspecified atom stereocenters. The second-order valence-electron chi connectivity index (χ2n) is 8.64. The van der Waals surface area contributed by atoms with Gasteiger partial charge >= 0.3 is 12.4 Å². The highest BCUT2D eigenvalue weighted by Crippen LogP contribution is 2.37. The first-order chi connectivity index (χ1) is 18.5. The van der Waals surface area contributed by atoms with E-state index < -0.39 is 57.6 Å². The van der Waals surface area contributed by atoms with Crippen molar-refractivity contribution >= 4 is 27.7 Å². The number of sulfonamides is 1. The normalized spacial score (nSPS) is 12.5. The van der Waals surface area contributed by atoms with Crippen LogP contribution in [-0.4, -0.2) is 25.6 Å². The number of hydrogen-bond donors (Lipinski definition) is 2. The lowest BCUT2D eigenvalue weighted by molar-refractivity contribution is -0.141. The third kappa shape index (κ3) is 8.79. The van der Waals surface area contributed by atoms with Crippen LogP contribution in [0.5, 0.6) is 0 Å². The summed E-state index contributed by atoms with van der Waals surface area (Å²) in [4.78, 5) is 16.0. The number of amides is 1. The molecule has 2 aromatic carbocycles. The number of aromatic nitrogens is 1. The molecule has 3 rings (SSSR count). The Labute approximate surface area is 225 Å². The Bertz CT molecular complexity index is 1500.